The lowest BCUT2D eigenvalue weighted by Gasteiger charge is -2.08. The van der Waals surface area contributed by atoms with Gasteiger partial charge in [0.15, 0.2) is 11.6 Å². The van der Waals surface area contributed by atoms with Crippen molar-refractivity contribution >= 4 is 11.8 Å². The van der Waals surface area contributed by atoms with Gasteiger partial charge < -0.3 is 10.6 Å². The highest BCUT2D eigenvalue weighted by atomic mass is 19.1. The summed E-state index contributed by atoms with van der Waals surface area (Å²) in [5.74, 6) is 0.764. The lowest BCUT2D eigenvalue weighted by atomic mass is 10.4. The van der Waals surface area contributed by atoms with Crippen LogP contribution in [-0.2, 0) is 6.54 Å². The lowest BCUT2D eigenvalue weighted by Crippen LogP contribution is -2.10. The first kappa shape index (κ1) is 14.1. The molecule has 20 heavy (non-hydrogen) atoms. The third-order valence-electron chi connectivity index (χ3n) is 2.55. The average Bonchev–Trinajstić information content (AvgIpc) is 2.45. The summed E-state index contributed by atoms with van der Waals surface area (Å²) in [6.45, 7) is 4.97. The number of aromatic nitrogens is 4. The van der Waals surface area contributed by atoms with E-state index >= 15 is 0 Å². The predicted octanol–water partition coefficient (Wildman–Crippen LogP) is 2.15. The molecule has 2 N–H and O–H groups in total. The van der Waals surface area contributed by atoms with Crippen LogP contribution in [0.2, 0.25) is 0 Å². The van der Waals surface area contributed by atoms with Crippen LogP contribution in [0.3, 0.4) is 0 Å². The normalized spacial score (nSPS) is 10.3. The first-order valence-corrected chi connectivity index (χ1v) is 6.48. The molecule has 2 aromatic rings. The molecule has 0 spiro atoms. The van der Waals surface area contributed by atoms with E-state index in [0.29, 0.717) is 18.3 Å². The first-order chi connectivity index (χ1) is 9.69. The smallest absolute Gasteiger partial charge is 0.224 e. The fraction of sp³-hybridized carbons (Fsp3) is 0.385. The minimum absolute atomic E-state index is 0.162. The number of hydrogen-bond donors (Lipinski definition) is 2. The van der Waals surface area contributed by atoms with Crippen molar-refractivity contribution in [3.05, 3.63) is 35.8 Å². The standard InChI is InChI=1S/C13H17FN6/c1-3-5-16-13-18-8-11(14)12(20-13)17-7-10-4-6-15-9(2)19-10/h4,6,8H,3,5,7H2,1-2H3,(H2,16,17,18,20). The number of halogens is 1. The Morgan fingerprint density at radius 3 is 2.80 bits per heavy atom. The summed E-state index contributed by atoms with van der Waals surface area (Å²) in [6.07, 6.45) is 3.77. The zero-order valence-electron chi connectivity index (χ0n) is 11.5. The van der Waals surface area contributed by atoms with E-state index in [1.807, 2.05) is 13.8 Å². The van der Waals surface area contributed by atoms with E-state index < -0.39 is 5.82 Å². The topological polar surface area (TPSA) is 75.6 Å². The van der Waals surface area contributed by atoms with Crippen LogP contribution >= 0.6 is 0 Å². The molecule has 2 rings (SSSR count). The van der Waals surface area contributed by atoms with E-state index in [4.69, 9.17) is 0 Å². The number of aryl methyl sites for hydroxylation is 1. The second-order valence-corrected chi connectivity index (χ2v) is 4.27. The van der Waals surface area contributed by atoms with Gasteiger partial charge in [-0.05, 0) is 19.4 Å². The van der Waals surface area contributed by atoms with Crippen LogP contribution in [0.15, 0.2) is 18.5 Å². The molecule has 0 aliphatic rings. The van der Waals surface area contributed by atoms with Crippen molar-refractivity contribution in [2.24, 2.45) is 0 Å². The van der Waals surface area contributed by atoms with Crippen LogP contribution in [0, 0.1) is 12.7 Å². The molecular formula is C13H17FN6. The Labute approximate surface area is 116 Å². The highest BCUT2D eigenvalue weighted by Gasteiger charge is 2.07. The second kappa shape index (κ2) is 6.74. The average molecular weight is 276 g/mol. The molecule has 2 aromatic heterocycles. The van der Waals surface area contributed by atoms with E-state index in [-0.39, 0.29) is 5.82 Å². The fourth-order valence-corrected chi connectivity index (χ4v) is 1.59. The van der Waals surface area contributed by atoms with Crippen LogP contribution in [-0.4, -0.2) is 26.5 Å². The summed E-state index contributed by atoms with van der Waals surface area (Å²) < 4.78 is 13.6. The van der Waals surface area contributed by atoms with Gasteiger partial charge in [0.05, 0.1) is 18.4 Å². The molecule has 6 nitrogen and oxygen atoms in total. The van der Waals surface area contributed by atoms with Gasteiger partial charge in [-0.3, -0.25) is 0 Å². The van der Waals surface area contributed by atoms with Crippen molar-refractivity contribution in [1.29, 1.82) is 0 Å². The van der Waals surface area contributed by atoms with Crippen LogP contribution in [0.25, 0.3) is 0 Å². The summed E-state index contributed by atoms with van der Waals surface area (Å²) in [4.78, 5) is 16.2. The summed E-state index contributed by atoms with van der Waals surface area (Å²) in [7, 11) is 0. The summed E-state index contributed by atoms with van der Waals surface area (Å²) >= 11 is 0. The van der Waals surface area contributed by atoms with Crippen molar-refractivity contribution in [1.82, 2.24) is 19.9 Å². The molecule has 106 valence electrons. The zero-order valence-corrected chi connectivity index (χ0v) is 11.5. The summed E-state index contributed by atoms with van der Waals surface area (Å²) in [5, 5.41) is 5.93. The minimum Gasteiger partial charge on any atom is -0.362 e. The van der Waals surface area contributed by atoms with E-state index in [0.717, 1.165) is 24.9 Å². The number of nitrogens with zero attached hydrogens (tertiary/aromatic N) is 4. The molecule has 0 aliphatic carbocycles. The quantitative estimate of drug-likeness (QED) is 0.842. The molecule has 0 saturated heterocycles. The molecule has 0 aromatic carbocycles. The van der Waals surface area contributed by atoms with Gasteiger partial charge >= 0.3 is 0 Å². The molecule has 0 atom stereocenters. The third-order valence-corrected chi connectivity index (χ3v) is 2.55. The van der Waals surface area contributed by atoms with Crippen molar-refractivity contribution < 1.29 is 4.39 Å². The van der Waals surface area contributed by atoms with E-state index in [1.165, 1.54) is 0 Å². The van der Waals surface area contributed by atoms with Gasteiger partial charge in [-0.2, -0.15) is 4.98 Å². The molecule has 2 heterocycles. The Morgan fingerprint density at radius 1 is 1.20 bits per heavy atom. The number of anilines is 2. The molecule has 0 aliphatic heterocycles. The molecule has 0 bridgehead atoms. The van der Waals surface area contributed by atoms with Crippen molar-refractivity contribution in [3.8, 4) is 0 Å². The van der Waals surface area contributed by atoms with Crippen molar-refractivity contribution in [2.75, 3.05) is 17.2 Å². The largest absolute Gasteiger partial charge is 0.362 e. The van der Waals surface area contributed by atoms with Gasteiger partial charge in [0.1, 0.15) is 5.82 Å². The summed E-state index contributed by atoms with van der Waals surface area (Å²) in [6, 6.07) is 1.77. The van der Waals surface area contributed by atoms with Gasteiger partial charge in [-0.25, -0.2) is 19.3 Å². The maximum absolute atomic E-state index is 13.6. The first-order valence-electron chi connectivity index (χ1n) is 6.48. The van der Waals surface area contributed by atoms with Crippen molar-refractivity contribution in [3.63, 3.8) is 0 Å². The van der Waals surface area contributed by atoms with E-state index in [2.05, 4.69) is 30.6 Å². The number of rotatable bonds is 6. The lowest BCUT2D eigenvalue weighted by molar-refractivity contribution is 0.617. The Bertz CT molecular complexity index is 575. The maximum atomic E-state index is 13.6. The molecular weight excluding hydrogens is 259 g/mol. The van der Waals surface area contributed by atoms with E-state index in [1.54, 1.807) is 12.3 Å². The molecule has 0 unspecified atom stereocenters. The second-order valence-electron chi connectivity index (χ2n) is 4.27. The van der Waals surface area contributed by atoms with E-state index in [9.17, 15) is 4.39 Å². The maximum Gasteiger partial charge on any atom is 0.224 e. The molecule has 7 heteroatoms. The number of nitrogens with one attached hydrogen (secondary N) is 2. The predicted molar refractivity (Wildman–Crippen MR) is 74.9 cm³/mol. The van der Waals surface area contributed by atoms with Crippen molar-refractivity contribution in [2.45, 2.75) is 26.8 Å². The highest BCUT2D eigenvalue weighted by Crippen LogP contribution is 2.12. The van der Waals surface area contributed by atoms with Crippen LogP contribution in [0.1, 0.15) is 24.9 Å². The Morgan fingerprint density at radius 2 is 2.05 bits per heavy atom. The fourth-order valence-electron chi connectivity index (χ4n) is 1.59. The highest BCUT2D eigenvalue weighted by molar-refractivity contribution is 5.41. The van der Waals surface area contributed by atoms with Gasteiger partial charge in [-0.1, -0.05) is 6.92 Å². The summed E-state index contributed by atoms with van der Waals surface area (Å²) in [5.41, 5.74) is 0.776. The van der Waals surface area contributed by atoms with Gasteiger partial charge in [0.2, 0.25) is 5.95 Å². The SMILES string of the molecule is CCCNc1ncc(F)c(NCc2ccnc(C)n2)n1. The zero-order chi connectivity index (χ0) is 14.4. The van der Waals surface area contributed by atoms with Gasteiger partial charge in [-0.15, -0.1) is 0 Å². The molecule has 0 fully saturated rings. The van der Waals surface area contributed by atoms with Crippen LogP contribution < -0.4 is 10.6 Å². The van der Waals surface area contributed by atoms with Gasteiger partial charge in [0.25, 0.3) is 0 Å². The molecule has 0 radical (unpaired) electrons. The van der Waals surface area contributed by atoms with Gasteiger partial charge in [0, 0.05) is 12.7 Å². The molecule has 0 amide bonds. The Kier molecular flexibility index (Phi) is 4.75. The monoisotopic (exact) mass is 276 g/mol. The van der Waals surface area contributed by atoms with Crippen LogP contribution in [0.4, 0.5) is 16.2 Å². The molecule has 0 saturated carbocycles. The Balaban J connectivity index is 2.04. The minimum atomic E-state index is -0.488. The number of hydrogen-bond acceptors (Lipinski definition) is 6. The van der Waals surface area contributed by atoms with Crippen LogP contribution in [0.5, 0.6) is 0 Å². The third kappa shape index (κ3) is 3.84. The Hall–Kier alpha value is -2.31.